The molecule has 0 spiro atoms. The number of anilines is 1. The van der Waals surface area contributed by atoms with E-state index in [0.717, 1.165) is 6.08 Å². The molecule has 0 saturated heterocycles. The van der Waals surface area contributed by atoms with Crippen LogP contribution in [-0.2, 0) is 9.59 Å². The molecule has 0 bridgehead atoms. The maximum Gasteiger partial charge on any atom is 0.296 e. The van der Waals surface area contributed by atoms with Crippen LogP contribution >= 0.6 is 0 Å². The van der Waals surface area contributed by atoms with Crippen LogP contribution in [0.5, 0.6) is 11.5 Å². The number of hydrogen-bond donors (Lipinski definition) is 2. The number of benzene rings is 2. The first kappa shape index (κ1) is 17.1. The number of carbonyl (C=O) groups excluding carboxylic acids is 2. The summed E-state index contributed by atoms with van der Waals surface area (Å²) in [5.41, 5.74) is 0.855. The average molecular weight is 327 g/mol. The number of aliphatic hydroxyl groups excluding tert-OH is 1. The van der Waals surface area contributed by atoms with E-state index in [2.05, 4.69) is 5.32 Å². The zero-order valence-corrected chi connectivity index (χ0v) is 13.3. The van der Waals surface area contributed by atoms with Gasteiger partial charge in [0, 0.05) is 17.3 Å². The van der Waals surface area contributed by atoms with Crippen LogP contribution in [0.4, 0.5) is 5.69 Å². The lowest BCUT2D eigenvalue weighted by molar-refractivity contribution is -0.131. The number of nitrogens with one attached hydrogen (secondary N) is 1. The van der Waals surface area contributed by atoms with E-state index in [4.69, 9.17) is 9.47 Å². The van der Waals surface area contributed by atoms with Crippen molar-refractivity contribution in [2.45, 2.75) is 0 Å². The molecule has 0 aliphatic heterocycles. The first-order valence-electron chi connectivity index (χ1n) is 7.08. The minimum Gasteiger partial charge on any atom is -0.507 e. The second-order valence-electron chi connectivity index (χ2n) is 4.80. The average Bonchev–Trinajstić information content (AvgIpc) is 2.62. The Morgan fingerprint density at radius 3 is 1.92 bits per heavy atom. The monoisotopic (exact) mass is 327 g/mol. The third-order valence-corrected chi connectivity index (χ3v) is 3.23. The molecule has 1 amide bonds. The molecule has 0 radical (unpaired) electrons. The van der Waals surface area contributed by atoms with Gasteiger partial charge in [-0.3, -0.25) is 9.59 Å². The van der Waals surface area contributed by atoms with Gasteiger partial charge < -0.3 is 19.9 Å². The van der Waals surface area contributed by atoms with Crippen molar-refractivity contribution >= 4 is 23.1 Å². The molecule has 2 N–H and O–H groups in total. The number of rotatable bonds is 6. The van der Waals surface area contributed by atoms with E-state index in [-0.39, 0.29) is 5.76 Å². The van der Waals surface area contributed by atoms with Gasteiger partial charge in [-0.25, -0.2) is 0 Å². The van der Waals surface area contributed by atoms with Crippen molar-refractivity contribution in [3.8, 4) is 11.5 Å². The van der Waals surface area contributed by atoms with Gasteiger partial charge >= 0.3 is 0 Å². The summed E-state index contributed by atoms with van der Waals surface area (Å²) in [4.78, 5) is 23.7. The molecule has 0 aromatic heterocycles. The Morgan fingerprint density at radius 1 is 0.917 bits per heavy atom. The van der Waals surface area contributed by atoms with Crippen LogP contribution in [-0.4, -0.2) is 31.0 Å². The van der Waals surface area contributed by atoms with Gasteiger partial charge in [-0.05, 0) is 48.5 Å². The maximum atomic E-state index is 11.9. The van der Waals surface area contributed by atoms with Crippen molar-refractivity contribution in [2.24, 2.45) is 0 Å². The highest BCUT2D eigenvalue weighted by atomic mass is 16.5. The van der Waals surface area contributed by atoms with Crippen LogP contribution in [0.3, 0.4) is 0 Å². The highest BCUT2D eigenvalue weighted by molar-refractivity contribution is 6.45. The quantitative estimate of drug-likeness (QED) is 0.484. The molecular weight excluding hydrogens is 310 g/mol. The Labute approximate surface area is 139 Å². The normalized spacial score (nSPS) is 10.8. The van der Waals surface area contributed by atoms with Crippen molar-refractivity contribution in [3.05, 3.63) is 60.2 Å². The highest BCUT2D eigenvalue weighted by Crippen LogP contribution is 2.17. The van der Waals surface area contributed by atoms with Crippen LogP contribution in [0.2, 0.25) is 0 Å². The van der Waals surface area contributed by atoms with Crippen molar-refractivity contribution < 1.29 is 24.2 Å². The third-order valence-electron chi connectivity index (χ3n) is 3.23. The molecule has 2 aromatic rings. The molecule has 0 unspecified atom stereocenters. The molecular formula is C18H17NO5. The summed E-state index contributed by atoms with van der Waals surface area (Å²) in [5, 5.41) is 12.4. The summed E-state index contributed by atoms with van der Waals surface area (Å²) in [6.45, 7) is 0. The summed E-state index contributed by atoms with van der Waals surface area (Å²) >= 11 is 0. The van der Waals surface area contributed by atoms with Gasteiger partial charge in [0.25, 0.3) is 5.91 Å². The summed E-state index contributed by atoms with van der Waals surface area (Å²) < 4.78 is 10.0. The van der Waals surface area contributed by atoms with Crippen LogP contribution in [0.1, 0.15) is 5.56 Å². The largest absolute Gasteiger partial charge is 0.507 e. The number of ketones is 1. The first-order valence-corrected chi connectivity index (χ1v) is 7.08. The Kier molecular flexibility index (Phi) is 5.57. The van der Waals surface area contributed by atoms with E-state index >= 15 is 0 Å². The van der Waals surface area contributed by atoms with Gasteiger partial charge in [0.05, 0.1) is 14.2 Å². The zero-order chi connectivity index (χ0) is 17.5. The Balaban J connectivity index is 2.04. The van der Waals surface area contributed by atoms with Gasteiger partial charge in [0.2, 0.25) is 5.78 Å². The fourth-order valence-electron chi connectivity index (χ4n) is 1.90. The predicted molar refractivity (Wildman–Crippen MR) is 90.2 cm³/mol. The second kappa shape index (κ2) is 7.82. The number of amides is 1. The van der Waals surface area contributed by atoms with E-state index in [1.165, 1.54) is 14.2 Å². The van der Waals surface area contributed by atoms with Crippen molar-refractivity contribution in [3.63, 3.8) is 0 Å². The Morgan fingerprint density at radius 2 is 1.42 bits per heavy atom. The summed E-state index contributed by atoms with van der Waals surface area (Å²) in [6.07, 6.45) is 0.876. The molecule has 24 heavy (non-hydrogen) atoms. The Bertz CT molecular complexity index is 748. The van der Waals surface area contributed by atoms with E-state index in [9.17, 15) is 14.7 Å². The number of ether oxygens (including phenoxy) is 2. The lowest BCUT2D eigenvalue weighted by Crippen LogP contribution is -2.21. The van der Waals surface area contributed by atoms with Crippen molar-refractivity contribution in [2.75, 3.05) is 19.5 Å². The van der Waals surface area contributed by atoms with Gasteiger partial charge in [-0.1, -0.05) is 0 Å². The van der Waals surface area contributed by atoms with Gasteiger partial charge in [0.15, 0.2) is 0 Å². The first-order chi connectivity index (χ1) is 11.5. The molecule has 2 rings (SSSR count). The molecule has 6 nitrogen and oxygen atoms in total. The molecule has 124 valence electrons. The van der Waals surface area contributed by atoms with E-state index < -0.39 is 11.7 Å². The molecule has 0 saturated carbocycles. The standard InChI is InChI=1S/C18H17NO5/c1-23-14-7-3-12(4-8-14)16(20)11-17(21)18(22)19-13-5-9-15(24-2)10-6-13/h3-11,20H,1-2H3,(H,19,22). The molecule has 0 atom stereocenters. The molecule has 0 aliphatic carbocycles. The number of hydrogen-bond acceptors (Lipinski definition) is 5. The molecule has 0 heterocycles. The topological polar surface area (TPSA) is 84.9 Å². The Hall–Kier alpha value is -3.28. The fourth-order valence-corrected chi connectivity index (χ4v) is 1.90. The SMILES string of the molecule is COc1ccc(NC(=O)C(=O)C=C(O)c2ccc(OC)cc2)cc1. The van der Waals surface area contributed by atoms with Gasteiger partial charge in [0.1, 0.15) is 17.3 Å². The van der Waals surface area contributed by atoms with Crippen LogP contribution in [0, 0.1) is 0 Å². The molecule has 2 aromatic carbocycles. The fraction of sp³-hybridized carbons (Fsp3) is 0.111. The van der Waals surface area contributed by atoms with Gasteiger partial charge in [-0.15, -0.1) is 0 Å². The van der Waals surface area contributed by atoms with E-state index in [1.54, 1.807) is 48.5 Å². The number of methoxy groups -OCH3 is 2. The smallest absolute Gasteiger partial charge is 0.296 e. The lowest BCUT2D eigenvalue weighted by atomic mass is 10.1. The van der Waals surface area contributed by atoms with Gasteiger partial charge in [-0.2, -0.15) is 0 Å². The molecule has 6 heteroatoms. The summed E-state index contributed by atoms with van der Waals surface area (Å²) in [5.74, 6) is -0.751. The van der Waals surface area contributed by atoms with E-state index in [0.29, 0.717) is 22.7 Å². The maximum absolute atomic E-state index is 11.9. The third kappa shape index (κ3) is 4.36. The van der Waals surface area contributed by atoms with Crippen LogP contribution < -0.4 is 14.8 Å². The minimum atomic E-state index is -0.862. The predicted octanol–water partition coefficient (Wildman–Crippen LogP) is 2.81. The van der Waals surface area contributed by atoms with Crippen molar-refractivity contribution in [1.29, 1.82) is 0 Å². The zero-order valence-electron chi connectivity index (χ0n) is 13.3. The summed E-state index contributed by atoms with van der Waals surface area (Å²) in [7, 11) is 3.06. The van der Waals surface area contributed by atoms with Crippen molar-refractivity contribution in [1.82, 2.24) is 0 Å². The molecule has 0 aliphatic rings. The van der Waals surface area contributed by atoms with Crippen LogP contribution in [0.15, 0.2) is 54.6 Å². The number of aliphatic hydroxyl groups is 1. The summed E-state index contributed by atoms with van der Waals surface area (Å²) in [6, 6.07) is 13.0. The van der Waals surface area contributed by atoms with E-state index in [1.807, 2.05) is 0 Å². The lowest BCUT2D eigenvalue weighted by Gasteiger charge is -2.05. The second-order valence-corrected chi connectivity index (χ2v) is 4.80. The molecule has 0 fully saturated rings. The minimum absolute atomic E-state index is 0.299. The highest BCUT2D eigenvalue weighted by Gasteiger charge is 2.13. The van der Waals surface area contributed by atoms with Crippen LogP contribution in [0.25, 0.3) is 5.76 Å². The number of carbonyl (C=O) groups is 2.